The molecule has 9 heteroatoms. The monoisotopic (exact) mass is 333 g/mol. The van der Waals surface area contributed by atoms with Gasteiger partial charge in [0.25, 0.3) is 5.91 Å². The Balaban J connectivity index is 0. The second-order valence-electron chi connectivity index (χ2n) is 3.68. The lowest BCUT2D eigenvalue weighted by molar-refractivity contribution is -0.141. The van der Waals surface area contributed by atoms with E-state index in [2.05, 4.69) is 10.3 Å². The van der Waals surface area contributed by atoms with E-state index in [0.29, 0.717) is 13.1 Å². The van der Waals surface area contributed by atoms with Crippen molar-refractivity contribution in [2.75, 3.05) is 13.1 Å². The molecule has 0 fully saturated rings. The van der Waals surface area contributed by atoms with Crippen LogP contribution >= 0.6 is 24.8 Å². The van der Waals surface area contributed by atoms with Crippen LogP contribution in [0.15, 0.2) is 18.3 Å². The zero-order valence-electron chi connectivity index (χ0n) is 10.4. The number of rotatable bonds is 5. The first-order valence-corrected chi connectivity index (χ1v) is 5.46. The molecular formula is C11H16Cl2F3N3O. The standard InChI is InChI=1S/C11H14F3N3O.2ClH/c12-11(13,14)9-4-3-8(7-17-9)10(18)16-6-2-1-5-15;;/h3-4,7H,1-2,5-6,15H2,(H,16,18);2*1H. The minimum absolute atomic E-state index is 0. The average molecular weight is 334 g/mol. The van der Waals surface area contributed by atoms with Crippen LogP contribution in [0, 0.1) is 0 Å². The second-order valence-corrected chi connectivity index (χ2v) is 3.68. The number of unbranched alkanes of at least 4 members (excludes halogenated alkanes) is 1. The molecule has 116 valence electrons. The molecule has 0 unspecified atom stereocenters. The number of halogens is 5. The summed E-state index contributed by atoms with van der Waals surface area (Å²) in [6.45, 7) is 0.981. The van der Waals surface area contributed by atoms with Gasteiger partial charge in [0.1, 0.15) is 5.69 Å². The number of aromatic nitrogens is 1. The zero-order chi connectivity index (χ0) is 13.6. The van der Waals surface area contributed by atoms with Gasteiger partial charge < -0.3 is 11.1 Å². The second kappa shape index (κ2) is 9.79. The molecule has 1 rings (SSSR count). The molecule has 1 heterocycles. The summed E-state index contributed by atoms with van der Waals surface area (Å²) in [6, 6.07) is 1.89. The predicted octanol–water partition coefficient (Wildman–Crippen LogP) is 2.41. The van der Waals surface area contributed by atoms with E-state index in [-0.39, 0.29) is 30.4 Å². The van der Waals surface area contributed by atoms with Gasteiger partial charge in [0.15, 0.2) is 0 Å². The summed E-state index contributed by atoms with van der Waals surface area (Å²) in [7, 11) is 0. The van der Waals surface area contributed by atoms with Crippen molar-refractivity contribution in [3.8, 4) is 0 Å². The minimum atomic E-state index is -4.49. The van der Waals surface area contributed by atoms with E-state index in [4.69, 9.17) is 5.73 Å². The van der Waals surface area contributed by atoms with E-state index in [9.17, 15) is 18.0 Å². The number of nitrogens with one attached hydrogen (secondary N) is 1. The summed E-state index contributed by atoms with van der Waals surface area (Å²) < 4.78 is 36.7. The van der Waals surface area contributed by atoms with Gasteiger partial charge in [-0.15, -0.1) is 24.8 Å². The van der Waals surface area contributed by atoms with Crippen molar-refractivity contribution >= 4 is 30.7 Å². The molecule has 0 radical (unpaired) electrons. The molecule has 0 spiro atoms. The lowest BCUT2D eigenvalue weighted by atomic mass is 10.2. The Kier molecular flexibility index (Phi) is 10.4. The SMILES string of the molecule is Cl.Cl.NCCCCNC(=O)c1ccc(C(F)(F)F)nc1. The van der Waals surface area contributed by atoms with Crippen molar-refractivity contribution in [2.45, 2.75) is 19.0 Å². The fraction of sp³-hybridized carbons (Fsp3) is 0.455. The van der Waals surface area contributed by atoms with Crippen LogP contribution in [0.4, 0.5) is 13.2 Å². The minimum Gasteiger partial charge on any atom is -0.352 e. The van der Waals surface area contributed by atoms with Crippen LogP contribution in [0.25, 0.3) is 0 Å². The number of amides is 1. The van der Waals surface area contributed by atoms with E-state index >= 15 is 0 Å². The third kappa shape index (κ3) is 6.93. The first-order chi connectivity index (χ1) is 8.45. The number of nitrogens with zero attached hydrogens (tertiary/aromatic N) is 1. The highest BCUT2D eigenvalue weighted by Gasteiger charge is 2.32. The maximum absolute atomic E-state index is 12.2. The lowest BCUT2D eigenvalue weighted by Crippen LogP contribution is -2.25. The van der Waals surface area contributed by atoms with E-state index in [1.807, 2.05) is 0 Å². The van der Waals surface area contributed by atoms with Gasteiger partial charge in [-0.25, -0.2) is 0 Å². The Morgan fingerprint density at radius 3 is 2.35 bits per heavy atom. The summed E-state index contributed by atoms with van der Waals surface area (Å²) in [5, 5.41) is 2.58. The molecule has 0 atom stereocenters. The van der Waals surface area contributed by atoms with Gasteiger partial charge in [-0.3, -0.25) is 9.78 Å². The Morgan fingerprint density at radius 1 is 1.25 bits per heavy atom. The number of carbonyl (C=O) groups excluding carboxylic acids is 1. The van der Waals surface area contributed by atoms with E-state index in [1.54, 1.807) is 0 Å². The summed E-state index contributed by atoms with van der Waals surface area (Å²) in [6.07, 6.45) is -2.06. The molecular weight excluding hydrogens is 318 g/mol. The highest BCUT2D eigenvalue weighted by atomic mass is 35.5. The average Bonchev–Trinajstić information content (AvgIpc) is 2.33. The highest BCUT2D eigenvalue weighted by Crippen LogP contribution is 2.27. The third-order valence-electron chi connectivity index (χ3n) is 2.23. The number of carbonyl (C=O) groups is 1. The first kappa shape index (κ1) is 21.3. The molecule has 0 bridgehead atoms. The van der Waals surface area contributed by atoms with Crippen molar-refractivity contribution < 1.29 is 18.0 Å². The summed E-state index contributed by atoms with van der Waals surface area (Å²) in [5.74, 6) is -0.437. The van der Waals surface area contributed by atoms with Gasteiger partial charge in [-0.2, -0.15) is 13.2 Å². The van der Waals surface area contributed by atoms with E-state index in [1.165, 1.54) is 0 Å². The van der Waals surface area contributed by atoms with Crippen molar-refractivity contribution in [2.24, 2.45) is 5.73 Å². The molecule has 0 aliphatic heterocycles. The number of hydrogen-bond acceptors (Lipinski definition) is 3. The molecule has 3 N–H and O–H groups in total. The van der Waals surface area contributed by atoms with E-state index < -0.39 is 17.8 Å². The Morgan fingerprint density at radius 2 is 1.90 bits per heavy atom. The largest absolute Gasteiger partial charge is 0.433 e. The van der Waals surface area contributed by atoms with Crippen LogP contribution in [-0.2, 0) is 6.18 Å². The van der Waals surface area contributed by atoms with Gasteiger partial charge in [0, 0.05) is 12.7 Å². The Bertz CT molecular complexity index is 399. The maximum Gasteiger partial charge on any atom is 0.433 e. The topological polar surface area (TPSA) is 68.0 Å². The molecule has 0 aromatic carbocycles. The molecule has 0 aliphatic rings. The summed E-state index contributed by atoms with van der Waals surface area (Å²) in [5.41, 5.74) is 4.38. The normalized spacial score (nSPS) is 10.2. The molecule has 1 aromatic heterocycles. The quantitative estimate of drug-likeness (QED) is 0.813. The molecule has 20 heavy (non-hydrogen) atoms. The number of nitrogens with two attached hydrogens (primary N) is 1. The molecule has 0 aliphatic carbocycles. The van der Waals surface area contributed by atoms with E-state index in [0.717, 1.165) is 31.2 Å². The Hall–Kier alpha value is -1.05. The fourth-order valence-corrected chi connectivity index (χ4v) is 1.27. The van der Waals surface area contributed by atoms with Crippen molar-refractivity contribution in [3.63, 3.8) is 0 Å². The molecule has 1 amide bonds. The molecule has 4 nitrogen and oxygen atoms in total. The highest BCUT2D eigenvalue weighted by molar-refractivity contribution is 5.93. The smallest absolute Gasteiger partial charge is 0.352 e. The van der Waals surface area contributed by atoms with Crippen LogP contribution in [0.3, 0.4) is 0 Å². The lowest BCUT2D eigenvalue weighted by Gasteiger charge is -2.07. The third-order valence-corrected chi connectivity index (χ3v) is 2.23. The molecule has 0 saturated carbocycles. The van der Waals surface area contributed by atoms with Gasteiger partial charge in [0.2, 0.25) is 0 Å². The number of hydrogen-bond donors (Lipinski definition) is 2. The first-order valence-electron chi connectivity index (χ1n) is 5.46. The van der Waals surface area contributed by atoms with Crippen LogP contribution < -0.4 is 11.1 Å². The van der Waals surface area contributed by atoms with Gasteiger partial charge in [-0.1, -0.05) is 0 Å². The summed E-state index contributed by atoms with van der Waals surface area (Å²) in [4.78, 5) is 14.7. The van der Waals surface area contributed by atoms with Crippen molar-refractivity contribution in [3.05, 3.63) is 29.6 Å². The van der Waals surface area contributed by atoms with Gasteiger partial charge in [-0.05, 0) is 31.5 Å². The fourth-order valence-electron chi connectivity index (χ4n) is 1.27. The number of alkyl halides is 3. The predicted molar refractivity (Wildman–Crippen MR) is 74.4 cm³/mol. The zero-order valence-corrected chi connectivity index (χ0v) is 12.1. The van der Waals surface area contributed by atoms with Gasteiger partial charge in [0.05, 0.1) is 5.56 Å². The molecule has 1 aromatic rings. The number of pyridine rings is 1. The van der Waals surface area contributed by atoms with Crippen molar-refractivity contribution in [1.82, 2.24) is 10.3 Å². The maximum atomic E-state index is 12.2. The van der Waals surface area contributed by atoms with Gasteiger partial charge >= 0.3 is 6.18 Å². The van der Waals surface area contributed by atoms with Crippen molar-refractivity contribution in [1.29, 1.82) is 0 Å². The van der Waals surface area contributed by atoms with Crippen LogP contribution in [-0.4, -0.2) is 24.0 Å². The Labute approximate surface area is 127 Å². The van der Waals surface area contributed by atoms with Crippen LogP contribution in [0.5, 0.6) is 0 Å². The molecule has 0 saturated heterocycles. The van der Waals surface area contributed by atoms with Crippen LogP contribution in [0.1, 0.15) is 28.9 Å². The summed E-state index contributed by atoms with van der Waals surface area (Å²) >= 11 is 0. The van der Waals surface area contributed by atoms with Crippen LogP contribution in [0.2, 0.25) is 0 Å².